The molecular weight excluding hydrogens is 243 g/mol. The van der Waals surface area contributed by atoms with Crippen molar-refractivity contribution in [2.24, 2.45) is 0 Å². The van der Waals surface area contributed by atoms with Gasteiger partial charge in [0.25, 0.3) is 0 Å². The lowest BCUT2D eigenvalue weighted by atomic mass is 10.7. The van der Waals surface area contributed by atoms with Crippen molar-refractivity contribution < 1.29 is 32.2 Å². The number of nitrogens with one attached hydrogen (secondary N) is 1. The highest BCUT2D eigenvalue weighted by Gasteiger charge is 2.27. The summed E-state index contributed by atoms with van der Waals surface area (Å²) in [6.07, 6.45) is -4.32. The van der Waals surface area contributed by atoms with Gasteiger partial charge < -0.3 is 14.2 Å². The molecule has 0 saturated heterocycles. The summed E-state index contributed by atoms with van der Waals surface area (Å²) in [7, 11) is 1.58. The normalized spacial score (nSPS) is 12.0. The van der Waals surface area contributed by atoms with E-state index in [1.807, 2.05) is 0 Å². The summed E-state index contributed by atoms with van der Waals surface area (Å²) < 4.78 is 49.7. The van der Waals surface area contributed by atoms with E-state index in [2.05, 4.69) is 10.3 Å². The zero-order valence-corrected chi connectivity index (χ0v) is 9.72. The summed E-state index contributed by atoms with van der Waals surface area (Å²) in [6.45, 7) is 0.948. The van der Waals surface area contributed by atoms with Crippen molar-refractivity contribution in [3.05, 3.63) is 0 Å². The highest BCUT2D eigenvalue weighted by atomic mass is 19.4. The van der Waals surface area contributed by atoms with Gasteiger partial charge in [-0.2, -0.15) is 18.7 Å². The minimum Gasteiger partial charge on any atom is -0.382 e. The maximum absolute atomic E-state index is 11.6. The van der Waals surface area contributed by atoms with Crippen LogP contribution < -0.4 is 5.48 Å². The zero-order chi connectivity index (χ0) is 13.0. The highest BCUT2D eigenvalue weighted by molar-refractivity contribution is 4.43. The van der Waals surface area contributed by atoms with E-state index in [-0.39, 0.29) is 13.2 Å². The fourth-order valence-electron chi connectivity index (χ4n) is 0.783. The van der Waals surface area contributed by atoms with Gasteiger partial charge in [-0.15, -0.1) is 0 Å². The first-order chi connectivity index (χ1) is 8.06. The first-order valence-corrected chi connectivity index (χ1v) is 5.12. The standard InChI is InChI=1S/C9H18F3NO4/c1-14-4-5-16-7-6-15-3-2-13-17-8-9(10,11)12/h13H,2-8H2,1H3. The Morgan fingerprint density at radius 3 is 2.12 bits per heavy atom. The molecule has 0 aromatic heterocycles. The van der Waals surface area contributed by atoms with E-state index < -0.39 is 12.8 Å². The Balaban J connectivity index is 2.99. The third-order valence-corrected chi connectivity index (χ3v) is 1.49. The lowest BCUT2D eigenvalue weighted by molar-refractivity contribution is -0.190. The SMILES string of the molecule is COCCOCCOCCNOCC(F)(F)F. The van der Waals surface area contributed by atoms with Gasteiger partial charge in [0.15, 0.2) is 6.61 Å². The van der Waals surface area contributed by atoms with Crippen molar-refractivity contribution in [3.8, 4) is 0 Å². The maximum Gasteiger partial charge on any atom is 0.413 e. The second kappa shape index (κ2) is 10.7. The molecule has 0 aliphatic rings. The van der Waals surface area contributed by atoms with Gasteiger partial charge in [0.05, 0.1) is 33.0 Å². The molecule has 0 unspecified atom stereocenters. The van der Waals surface area contributed by atoms with Crippen LogP contribution in [0, 0.1) is 0 Å². The van der Waals surface area contributed by atoms with Crippen LogP contribution in [0.1, 0.15) is 0 Å². The summed E-state index contributed by atoms with van der Waals surface area (Å²) in [5.41, 5.74) is 2.15. The van der Waals surface area contributed by atoms with Gasteiger partial charge in [-0.05, 0) is 0 Å². The Labute approximate surface area is 98.1 Å². The summed E-state index contributed by atoms with van der Waals surface area (Å²) in [6, 6.07) is 0. The van der Waals surface area contributed by atoms with Crippen LogP contribution in [0.25, 0.3) is 0 Å². The third-order valence-electron chi connectivity index (χ3n) is 1.49. The lowest BCUT2D eigenvalue weighted by Crippen LogP contribution is -2.27. The van der Waals surface area contributed by atoms with E-state index in [1.54, 1.807) is 7.11 Å². The fourth-order valence-corrected chi connectivity index (χ4v) is 0.783. The van der Waals surface area contributed by atoms with Crippen molar-refractivity contribution in [1.82, 2.24) is 5.48 Å². The predicted molar refractivity (Wildman–Crippen MR) is 53.5 cm³/mol. The number of hydroxylamine groups is 1. The van der Waals surface area contributed by atoms with Crippen LogP contribution in [0.3, 0.4) is 0 Å². The summed E-state index contributed by atoms with van der Waals surface area (Å²) in [4.78, 5) is 4.15. The van der Waals surface area contributed by atoms with Crippen LogP contribution in [-0.4, -0.2) is 59.5 Å². The molecule has 0 amide bonds. The van der Waals surface area contributed by atoms with E-state index in [9.17, 15) is 13.2 Å². The molecule has 0 fully saturated rings. The van der Waals surface area contributed by atoms with Crippen molar-refractivity contribution in [1.29, 1.82) is 0 Å². The topological polar surface area (TPSA) is 49.0 Å². The smallest absolute Gasteiger partial charge is 0.382 e. The van der Waals surface area contributed by atoms with Gasteiger partial charge in [0, 0.05) is 13.7 Å². The second-order valence-electron chi connectivity index (χ2n) is 3.02. The highest BCUT2D eigenvalue weighted by Crippen LogP contribution is 2.13. The maximum atomic E-state index is 11.6. The largest absolute Gasteiger partial charge is 0.413 e. The van der Waals surface area contributed by atoms with Gasteiger partial charge >= 0.3 is 6.18 Å². The second-order valence-corrected chi connectivity index (χ2v) is 3.02. The van der Waals surface area contributed by atoms with E-state index in [0.717, 1.165) is 0 Å². The van der Waals surface area contributed by atoms with Crippen molar-refractivity contribution in [3.63, 3.8) is 0 Å². The molecule has 0 aromatic rings. The molecule has 17 heavy (non-hydrogen) atoms. The summed E-state index contributed by atoms with van der Waals surface area (Å²) in [5.74, 6) is 0. The molecule has 0 aliphatic heterocycles. The van der Waals surface area contributed by atoms with Crippen molar-refractivity contribution >= 4 is 0 Å². The van der Waals surface area contributed by atoms with E-state index in [1.165, 1.54) is 0 Å². The first kappa shape index (κ1) is 16.6. The van der Waals surface area contributed by atoms with Crippen LogP contribution in [0.5, 0.6) is 0 Å². The number of hydrogen-bond acceptors (Lipinski definition) is 5. The number of halogens is 3. The average molecular weight is 261 g/mol. The molecule has 0 radical (unpaired) electrons. The van der Waals surface area contributed by atoms with Gasteiger partial charge in [0.1, 0.15) is 0 Å². The van der Waals surface area contributed by atoms with Crippen LogP contribution in [0.15, 0.2) is 0 Å². The number of rotatable bonds is 11. The minimum absolute atomic E-state index is 0.189. The molecule has 0 heterocycles. The molecule has 1 N–H and O–H groups in total. The molecule has 0 atom stereocenters. The van der Waals surface area contributed by atoms with Crippen LogP contribution in [0.4, 0.5) is 13.2 Å². The number of methoxy groups -OCH3 is 1. The number of ether oxygens (including phenoxy) is 3. The molecular formula is C9H18F3NO4. The van der Waals surface area contributed by atoms with Gasteiger partial charge in [-0.25, -0.2) is 0 Å². The quantitative estimate of drug-likeness (QED) is 0.439. The molecule has 0 bridgehead atoms. The number of hydrogen-bond donors (Lipinski definition) is 1. The van der Waals surface area contributed by atoms with Crippen LogP contribution >= 0.6 is 0 Å². The monoisotopic (exact) mass is 261 g/mol. The molecule has 0 aliphatic carbocycles. The molecule has 104 valence electrons. The molecule has 0 saturated carbocycles. The minimum atomic E-state index is -4.32. The summed E-state index contributed by atoms with van der Waals surface area (Å²) >= 11 is 0. The van der Waals surface area contributed by atoms with Gasteiger partial charge in [-0.1, -0.05) is 0 Å². The molecule has 0 rings (SSSR count). The molecule has 8 heteroatoms. The van der Waals surface area contributed by atoms with Crippen LogP contribution in [-0.2, 0) is 19.0 Å². The van der Waals surface area contributed by atoms with Crippen molar-refractivity contribution in [2.75, 3.05) is 53.3 Å². The average Bonchev–Trinajstić information content (AvgIpc) is 2.24. The predicted octanol–water partition coefficient (Wildman–Crippen LogP) is 0.750. The molecule has 0 aromatic carbocycles. The Morgan fingerprint density at radius 2 is 1.53 bits per heavy atom. The Hall–Kier alpha value is -0.410. The van der Waals surface area contributed by atoms with E-state index >= 15 is 0 Å². The Morgan fingerprint density at radius 1 is 0.941 bits per heavy atom. The van der Waals surface area contributed by atoms with Crippen LogP contribution in [0.2, 0.25) is 0 Å². The van der Waals surface area contributed by atoms with Crippen molar-refractivity contribution in [2.45, 2.75) is 6.18 Å². The number of alkyl halides is 3. The van der Waals surface area contributed by atoms with E-state index in [4.69, 9.17) is 14.2 Å². The van der Waals surface area contributed by atoms with Gasteiger partial charge in [-0.3, -0.25) is 4.84 Å². The van der Waals surface area contributed by atoms with Gasteiger partial charge in [0.2, 0.25) is 0 Å². The first-order valence-electron chi connectivity index (χ1n) is 5.12. The zero-order valence-electron chi connectivity index (χ0n) is 9.72. The summed E-state index contributed by atoms with van der Waals surface area (Å²) in [5, 5.41) is 0. The third kappa shape index (κ3) is 15.6. The lowest BCUT2D eigenvalue weighted by Gasteiger charge is -2.09. The Kier molecular flexibility index (Phi) is 10.5. The Bertz CT molecular complexity index is 169. The fraction of sp³-hybridized carbons (Fsp3) is 1.00. The molecule has 0 spiro atoms. The molecule has 5 nitrogen and oxygen atoms in total. The van der Waals surface area contributed by atoms with E-state index in [0.29, 0.717) is 26.4 Å².